The molecule has 0 bridgehead atoms. The number of nitrogens with zero attached hydrogens (tertiary/aromatic N) is 3. The number of rotatable bonds is 4. The van der Waals surface area contributed by atoms with Crippen LogP contribution in [0.2, 0.25) is 0 Å². The van der Waals surface area contributed by atoms with Gasteiger partial charge in [0.2, 0.25) is 5.82 Å². The van der Waals surface area contributed by atoms with E-state index in [2.05, 4.69) is 27.4 Å². The second-order valence-electron chi connectivity index (χ2n) is 6.82. The van der Waals surface area contributed by atoms with Gasteiger partial charge in [0, 0.05) is 17.8 Å². The zero-order chi connectivity index (χ0) is 17.1. The van der Waals surface area contributed by atoms with Gasteiger partial charge in [0.05, 0.1) is 5.56 Å². The van der Waals surface area contributed by atoms with Crippen LogP contribution in [0.5, 0.6) is 0 Å². The van der Waals surface area contributed by atoms with Gasteiger partial charge in [0.25, 0.3) is 5.89 Å². The van der Waals surface area contributed by atoms with Gasteiger partial charge in [0.15, 0.2) is 0 Å². The van der Waals surface area contributed by atoms with Gasteiger partial charge < -0.3 is 9.84 Å². The molecule has 0 amide bonds. The lowest BCUT2D eigenvalue weighted by Crippen LogP contribution is -2.25. The first-order valence-corrected chi connectivity index (χ1v) is 8.90. The predicted octanol–water partition coefficient (Wildman–Crippen LogP) is 4.79. The summed E-state index contributed by atoms with van der Waals surface area (Å²) in [5, 5.41) is 7.59. The number of hydrogen-bond donors (Lipinski definition) is 1. The maximum absolute atomic E-state index is 5.39. The van der Waals surface area contributed by atoms with E-state index < -0.39 is 0 Å². The van der Waals surface area contributed by atoms with E-state index in [0.29, 0.717) is 17.8 Å². The van der Waals surface area contributed by atoms with Crippen LogP contribution >= 0.6 is 0 Å². The Hall–Kier alpha value is -2.69. The molecule has 1 aromatic carbocycles. The summed E-state index contributed by atoms with van der Waals surface area (Å²) in [6.07, 6.45) is 6.81. The van der Waals surface area contributed by atoms with Gasteiger partial charge in [-0.25, -0.2) is 4.98 Å². The normalized spacial score (nSPS) is 20.4. The van der Waals surface area contributed by atoms with E-state index in [1.807, 2.05) is 42.5 Å². The first kappa shape index (κ1) is 15.8. The molecule has 5 nitrogen and oxygen atoms in total. The first-order chi connectivity index (χ1) is 12.3. The number of benzene rings is 1. The summed E-state index contributed by atoms with van der Waals surface area (Å²) in [4.78, 5) is 8.98. The molecule has 2 heterocycles. The predicted molar refractivity (Wildman–Crippen MR) is 98.0 cm³/mol. The number of pyridine rings is 1. The Balaban J connectivity index is 1.44. The summed E-state index contributed by atoms with van der Waals surface area (Å²) in [7, 11) is 0. The van der Waals surface area contributed by atoms with Crippen LogP contribution in [0.4, 0.5) is 5.82 Å². The third kappa shape index (κ3) is 3.71. The SMILES string of the molecule is CC1CCC(Nc2ccc(-c3nc(-c4ccccc4)no3)cn2)CC1. The molecule has 25 heavy (non-hydrogen) atoms. The lowest BCUT2D eigenvalue weighted by Gasteiger charge is -2.27. The highest BCUT2D eigenvalue weighted by Gasteiger charge is 2.18. The molecule has 0 atom stereocenters. The second kappa shape index (κ2) is 7.05. The average Bonchev–Trinajstić information content (AvgIpc) is 3.15. The van der Waals surface area contributed by atoms with Crippen LogP contribution in [-0.4, -0.2) is 21.2 Å². The molecule has 0 saturated heterocycles. The van der Waals surface area contributed by atoms with Crippen molar-refractivity contribution in [1.82, 2.24) is 15.1 Å². The molecule has 128 valence electrons. The molecule has 5 heteroatoms. The van der Waals surface area contributed by atoms with Crippen LogP contribution in [0, 0.1) is 5.92 Å². The standard InChI is InChI=1S/C20H22N4O/c1-14-7-10-17(11-8-14)22-18-12-9-16(13-21-18)20-23-19(24-25-20)15-5-3-2-4-6-15/h2-6,9,12-14,17H,7-8,10-11H2,1H3,(H,21,22). The Labute approximate surface area is 147 Å². The quantitative estimate of drug-likeness (QED) is 0.743. The molecular formula is C20H22N4O. The van der Waals surface area contributed by atoms with Crippen LogP contribution in [0.3, 0.4) is 0 Å². The third-order valence-corrected chi connectivity index (χ3v) is 4.84. The fourth-order valence-electron chi connectivity index (χ4n) is 3.26. The molecule has 1 fully saturated rings. The maximum atomic E-state index is 5.39. The number of aromatic nitrogens is 3. The maximum Gasteiger partial charge on any atom is 0.259 e. The third-order valence-electron chi connectivity index (χ3n) is 4.84. The molecule has 2 aromatic heterocycles. The van der Waals surface area contributed by atoms with Crippen molar-refractivity contribution >= 4 is 5.82 Å². The Morgan fingerprint density at radius 2 is 1.76 bits per heavy atom. The lowest BCUT2D eigenvalue weighted by molar-refractivity contribution is 0.361. The van der Waals surface area contributed by atoms with Crippen LogP contribution in [0.1, 0.15) is 32.6 Å². The minimum atomic E-state index is 0.490. The highest BCUT2D eigenvalue weighted by Crippen LogP contribution is 2.26. The smallest absolute Gasteiger partial charge is 0.259 e. The molecule has 0 unspecified atom stereocenters. The van der Waals surface area contributed by atoms with Crippen LogP contribution in [0.25, 0.3) is 22.8 Å². The summed E-state index contributed by atoms with van der Waals surface area (Å²) in [6.45, 7) is 2.33. The van der Waals surface area contributed by atoms with Crippen LogP contribution in [0.15, 0.2) is 53.2 Å². The van der Waals surface area contributed by atoms with Gasteiger partial charge in [-0.2, -0.15) is 4.98 Å². The Kier molecular flexibility index (Phi) is 4.46. The van der Waals surface area contributed by atoms with Gasteiger partial charge in [-0.15, -0.1) is 0 Å². The highest BCUT2D eigenvalue weighted by molar-refractivity contribution is 5.60. The van der Waals surface area contributed by atoms with E-state index in [9.17, 15) is 0 Å². The highest BCUT2D eigenvalue weighted by atomic mass is 16.5. The zero-order valence-corrected chi connectivity index (χ0v) is 14.4. The van der Waals surface area contributed by atoms with Crippen molar-refractivity contribution in [2.45, 2.75) is 38.6 Å². The Morgan fingerprint density at radius 1 is 0.960 bits per heavy atom. The molecule has 4 rings (SSSR count). The van der Waals surface area contributed by atoms with Crippen molar-refractivity contribution in [2.24, 2.45) is 5.92 Å². The van der Waals surface area contributed by atoms with Gasteiger partial charge >= 0.3 is 0 Å². The largest absolute Gasteiger partial charge is 0.367 e. The monoisotopic (exact) mass is 334 g/mol. The van der Waals surface area contributed by atoms with Crippen molar-refractivity contribution in [3.63, 3.8) is 0 Å². The molecule has 1 saturated carbocycles. The second-order valence-corrected chi connectivity index (χ2v) is 6.82. The minimum Gasteiger partial charge on any atom is -0.367 e. The minimum absolute atomic E-state index is 0.490. The molecule has 1 aliphatic carbocycles. The van der Waals surface area contributed by atoms with Crippen LogP contribution in [-0.2, 0) is 0 Å². The molecule has 0 radical (unpaired) electrons. The summed E-state index contributed by atoms with van der Waals surface area (Å²) in [5.41, 5.74) is 1.77. The Morgan fingerprint density at radius 3 is 2.48 bits per heavy atom. The van der Waals surface area contributed by atoms with E-state index in [1.54, 1.807) is 6.20 Å². The van der Waals surface area contributed by atoms with Crippen molar-refractivity contribution in [2.75, 3.05) is 5.32 Å². The average molecular weight is 334 g/mol. The van der Waals surface area contributed by atoms with Crippen molar-refractivity contribution < 1.29 is 4.52 Å². The summed E-state index contributed by atoms with van der Waals surface area (Å²) in [5.74, 6) is 2.84. The lowest BCUT2D eigenvalue weighted by atomic mass is 9.87. The number of hydrogen-bond acceptors (Lipinski definition) is 5. The van der Waals surface area contributed by atoms with Gasteiger partial charge in [-0.05, 0) is 43.7 Å². The molecule has 0 spiro atoms. The molecule has 1 aliphatic rings. The van der Waals surface area contributed by atoms with E-state index in [-0.39, 0.29) is 0 Å². The van der Waals surface area contributed by atoms with Gasteiger partial charge in [-0.1, -0.05) is 42.4 Å². The van der Waals surface area contributed by atoms with E-state index >= 15 is 0 Å². The van der Waals surface area contributed by atoms with Gasteiger partial charge in [0.1, 0.15) is 5.82 Å². The summed E-state index contributed by atoms with van der Waals surface area (Å²) >= 11 is 0. The Bertz CT molecular complexity index is 805. The molecule has 0 aliphatic heterocycles. The van der Waals surface area contributed by atoms with Crippen molar-refractivity contribution in [1.29, 1.82) is 0 Å². The van der Waals surface area contributed by atoms with E-state index in [4.69, 9.17) is 4.52 Å². The topological polar surface area (TPSA) is 63.8 Å². The van der Waals surface area contributed by atoms with Gasteiger partial charge in [-0.3, -0.25) is 0 Å². The summed E-state index contributed by atoms with van der Waals surface area (Å²) in [6, 6.07) is 14.3. The zero-order valence-electron chi connectivity index (χ0n) is 14.4. The fraction of sp³-hybridized carbons (Fsp3) is 0.350. The fourth-order valence-corrected chi connectivity index (χ4v) is 3.26. The van der Waals surface area contributed by atoms with Crippen LogP contribution < -0.4 is 5.32 Å². The van der Waals surface area contributed by atoms with E-state index in [1.165, 1.54) is 25.7 Å². The summed E-state index contributed by atoms with van der Waals surface area (Å²) < 4.78 is 5.39. The van der Waals surface area contributed by atoms with Crippen molar-refractivity contribution in [3.8, 4) is 22.8 Å². The molecule has 1 N–H and O–H groups in total. The number of anilines is 1. The van der Waals surface area contributed by atoms with Crippen molar-refractivity contribution in [3.05, 3.63) is 48.7 Å². The number of nitrogens with one attached hydrogen (secondary N) is 1. The molecular weight excluding hydrogens is 312 g/mol. The van der Waals surface area contributed by atoms with E-state index in [0.717, 1.165) is 22.9 Å². The molecule has 3 aromatic rings. The first-order valence-electron chi connectivity index (χ1n) is 8.90.